The SMILES string of the molecule is CN(Cc1ccc(F)cc1)C(=O)c1ccccc1F. The number of carbonyl (C=O) groups excluding carboxylic acids is 1. The molecule has 98 valence electrons. The Morgan fingerprint density at radius 1 is 1.05 bits per heavy atom. The number of amides is 1. The van der Waals surface area contributed by atoms with Crippen molar-refractivity contribution in [2.45, 2.75) is 6.54 Å². The van der Waals surface area contributed by atoms with E-state index in [0.717, 1.165) is 5.56 Å². The molecule has 0 heterocycles. The molecule has 0 spiro atoms. The van der Waals surface area contributed by atoms with E-state index in [4.69, 9.17) is 0 Å². The van der Waals surface area contributed by atoms with Gasteiger partial charge in [-0.2, -0.15) is 0 Å². The van der Waals surface area contributed by atoms with E-state index >= 15 is 0 Å². The Morgan fingerprint density at radius 3 is 2.32 bits per heavy atom. The summed E-state index contributed by atoms with van der Waals surface area (Å²) in [6.07, 6.45) is 0. The highest BCUT2D eigenvalue weighted by Gasteiger charge is 2.15. The second kappa shape index (κ2) is 5.61. The quantitative estimate of drug-likeness (QED) is 0.830. The molecule has 0 fully saturated rings. The number of nitrogens with zero attached hydrogens (tertiary/aromatic N) is 1. The molecule has 2 aromatic rings. The molecule has 2 nitrogen and oxygen atoms in total. The fraction of sp³-hybridized carbons (Fsp3) is 0.133. The second-order valence-corrected chi connectivity index (χ2v) is 4.27. The predicted molar refractivity (Wildman–Crippen MR) is 68.6 cm³/mol. The smallest absolute Gasteiger partial charge is 0.256 e. The zero-order valence-corrected chi connectivity index (χ0v) is 10.4. The molecule has 0 aliphatic carbocycles. The van der Waals surface area contributed by atoms with Gasteiger partial charge in [0.05, 0.1) is 5.56 Å². The van der Waals surface area contributed by atoms with Crippen LogP contribution in [-0.2, 0) is 6.54 Å². The Morgan fingerprint density at radius 2 is 1.68 bits per heavy atom. The van der Waals surface area contributed by atoms with Gasteiger partial charge < -0.3 is 4.90 Å². The third kappa shape index (κ3) is 3.16. The molecule has 0 N–H and O–H groups in total. The van der Waals surface area contributed by atoms with Crippen molar-refractivity contribution in [2.75, 3.05) is 7.05 Å². The minimum absolute atomic E-state index is 0.0344. The van der Waals surface area contributed by atoms with E-state index in [1.165, 1.54) is 35.2 Å². The van der Waals surface area contributed by atoms with Gasteiger partial charge in [-0.1, -0.05) is 24.3 Å². The van der Waals surface area contributed by atoms with Gasteiger partial charge >= 0.3 is 0 Å². The van der Waals surface area contributed by atoms with Gasteiger partial charge in [0.1, 0.15) is 11.6 Å². The average molecular weight is 261 g/mol. The van der Waals surface area contributed by atoms with E-state index in [2.05, 4.69) is 0 Å². The Hall–Kier alpha value is -2.23. The molecule has 0 radical (unpaired) electrons. The topological polar surface area (TPSA) is 20.3 Å². The molecule has 0 atom stereocenters. The average Bonchev–Trinajstić information content (AvgIpc) is 2.41. The molecule has 0 bridgehead atoms. The number of benzene rings is 2. The summed E-state index contributed by atoms with van der Waals surface area (Å²) in [6.45, 7) is 0.299. The normalized spacial score (nSPS) is 10.3. The lowest BCUT2D eigenvalue weighted by molar-refractivity contribution is 0.0780. The van der Waals surface area contributed by atoms with Crippen LogP contribution < -0.4 is 0 Å². The number of hydrogen-bond acceptors (Lipinski definition) is 1. The molecule has 0 aliphatic heterocycles. The third-order valence-electron chi connectivity index (χ3n) is 2.78. The van der Waals surface area contributed by atoms with Gasteiger partial charge in [-0.25, -0.2) is 8.78 Å². The monoisotopic (exact) mass is 261 g/mol. The highest BCUT2D eigenvalue weighted by atomic mass is 19.1. The molecule has 4 heteroatoms. The van der Waals surface area contributed by atoms with Crippen molar-refractivity contribution >= 4 is 5.91 Å². The molecule has 1 amide bonds. The molecule has 2 rings (SSSR count). The van der Waals surface area contributed by atoms with Gasteiger partial charge in [0.2, 0.25) is 0 Å². The van der Waals surface area contributed by atoms with Gasteiger partial charge in [0.15, 0.2) is 0 Å². The maximum absolute atomic E-state index is 13.5. The zero-order valence-electron chi connectivity index (χ0n) is 10.4. The van der Waals surface area contributed by atoms with Crippen LogP contribution in [0.5, 0.6) is 0 Å². The Labute approximate surface area is 110 Å². The highest BCUT2D eigenvalue weighted by Crippen LogP contribution is 2.12. The summed E-state index contributed by atoms with van der Waals surface area (Å²) in [6, 6.07) is 11.7. The van der Waals surface area contributed by atoms with Gasteiger partial charge in [-0.3, -0.25) is 4.79 Å². The van der Waals surface area contributed by atoms with Crippen molar-refractivity contribution in [1.82, 2.24) is 4.90 Å². The Bertz CT molecular complexity index is 581. The van der Waals surface area contributed by atoms with Crippen molar-refractivity contribution < 1.29 is 13.6 Å². The molecular weight excluding hydrogens is 248 g/mol. The highest BCUT2D eigenvalue weighted by molar-refractivity contribution is 5.94. The summed E-state index contributed by atoms with van der Waals surface area (Å²) in [5.74, 6) is -1.27. The van der Waals surface area contributed by atoms with Crippen LogP contribution >= 0.6 is 0 Å². The zero-order chi connectivity index (χ0) is 13.8. The molecule has 0 saturated carbocycles. The predicted octanol–water partition coefficient (Wildman–Crippen LogP) is 3.24. The van der Waals surface area contributed by atoms with Crippen LogP contribution in [0.25, 0.3) is 0 Å². The number of carbonyl (C=O) groups is 1. The molecule has 0 aromatic heterocycles. The summed E-state index contributed by atoms with van der Waals surface area (Å²) in [5.41, 5.74) is 0.820. The number of rotatable bonds is 3. The van der Waals surface area contributed by atoms with Crippen molar-refractivity contribution in [1.29, 1.82) is 0 Å². The van der Waals surface area contributed by atoms with E-state index < -0.39 is 11.7 Å². The standard InChI is InChI=1S/C15H13F2NO/c1-18(10-11-6-8-12(16)9-7-11)15(19)13-4-2-3-5-14(13)17/h2-9H,10H2,1H3. The van der Waals surface area contributed by atoms with Gasteiger partial charge in [-0.15, -0.1) is 0 Å². The molecule has 0 aliphatic rings. The summed E-state index contributed by atoms with van der Waals surface area (Å²) >= 11 is 0. The Kier molecular flexibility index (Phi) is 3.90. The molecule has 19 heavy (non-hydrogen) atoms. The molecular formula is C15H13F2NO. The maximum Gasteiger partial charge on any atom is 0.256 e. The van der Waals surface area contributed by atoms with Gasteiger partial charge in [-0.05, 0) is 29.8 Å². The lowest BCUT2D eigenvalue weighted by atomic mass is 10.1. The fourth-order valence-electron chi connectivity index (χ4n) is 1.78. The van der Waals surface area contributed by atoms with Crippen LogP contribution in [0.15, 0.2) is 48.5 Å². The summed E-state index contributed by atoms with van der Waals surface area (Å²) in [5, 5.41) is 0. The summed E-state index contributed by atoms with van der Waals surface area (Å²) < 4.78 is 26.3. The molecule has 2 aromatic carbocycles. The van der Waals surface area contributed by atoms with E-state index in [1.54, 1.807) is 25.2 Å². The van der Waals surface area contributed by atoms with Crippen molar-refractivity contribution in [3.63, 3.8) is 0 Å². The molecule has 0 unspecified atom stereocenters. The first-order valence-corrected chi connectivity index (χ1v) is 5.82. The van der Waals surface area contributed by atoms with E-state index in [9.17, 15) is 13.6 Å². The minimum Gasteiger partial charge on any atom is -0.337 e. The lowest BCUT2D eigenvalue weighted by Gasteiger charge is -2.17. The van der Waals surface area contributed by atoms with E-state index in [-0.39, 0.29) is 11.4 Å². The maximum atomic E-state index is 13.5. The second-order valence-electron chi connectivity index (χ2n) is 4.27. The number of hydrogen-bond donors (Lipinski definition) is 0. The van der Waals surface area contributed by atoms with Crippen LogP contribution in [0.2, 0.25) is 0 Å². The van der Waals surface area contributed by atoms with Crippen molar-refractivity contribution in [2.24, 2.45) is 0 Å². The Balaban J connectivity index is 2.12. The van der Waals surface area contributed by atoms with E-state index in [1.807, 2.05) is 0 Å². The lowest BCUT2D eigenvalue weighted by Crippen LogP contribution is -2.27. The first-order chi connectivity index (χ1) is 9.08. The first-order valence-electron chi connectivity index (χ1n) is 5.82. The minimum atomic E-state index is -0.543. The van der Waals surface area contributed by atoms with Crippen LogP contribution in [-0.4, -0.2) is 17.9 Å². The van der Waals surface area contributed by atoms with Crippen LogP contribution in [0.1, 0.15) is 15.9 Å². The van der Waals surface area contributed by atoms with Gasteiger partial charge in [0.25, 0.3) is 5.91 Å². The van der Waals surface area contributed by atoms with E-state index in [0.29, 0.717) is 6.54 Å². The van der Waals surface area contributed by atoms with Gasteiger partial charge in [0, 0.05) is 13.6 Å². The van der Waals surface area contributed by atoms with Crippen LogP contribution in [0.4, 0.5) is 8.78 Å². The van der Waals surface area contributed by atoms with Crippen LogP contribution in [0, 0.1) is 11.6 Å². The fourth-order valence-corrected chi connectivity index (χ4v) is 1.78. The number of halogens is 2. The summed E-state index contributed by atoms with van der Waals surface area (Å²) in [4.78, 5) is 13.4. The van der Waals surface area contributed by atoms with Crippen LogP contribution in [0.3, 0.4) is 0 Å². The largest absolute Gasteiger partial charge is 0.337 e. The van der Waals surface area contributed by atoms with Crippen molar-refractivity contribution in [3.05, 3.63) is 71.3 Å². The molecule has 0 saturated heterocycles. The summed E-state index contributed by atoms with van der Waals surface area (Å²) in [7, 11) is 1.58. The third-order valence-corrected chi connectivity index (χ3v) is 2.78. The van der Waals surface area contributed by atoms with Crippen molar-refractivity contribution in [3.8, 4) is 0 Å². The first kappa shape index (κ1) is 13.2.